The second kappa shape index (κ2) is 7.66. The van der Waals surface area contributed by atoms with E-state index in [9.17, 15) is 4.79 Å². The average molecular weight is 363 g/mol. The van der Waals surface area contributed by atoms with Crippen molar-refractivity contribution in [3.8, 4) is 11.8 Å². The number of ether oxygens (including phenoxy) is 1. The Bertz CT molecular complexity index is 673. The molecule has 5 nitrogen and oxygen atoms in total. The van der Waals surface area contributed by atoms with Gasteiger partial charge in [0.2, 0.25) is 0 Å². The first-order valence-corrected chi connectivity index (χ1v) is 7.56. The predicted octanol–water partition coefficient (Wildman–Crippen LogP) is 3.61. The predicted molar refractivity (Wildman–Crippen MR) is 84.4 cm³/mol. The number of carbonyl (C=O) groups is 1. The van der Waals surface area contributed by atoms with Crippen molar-refractivity contribution >= 4 is 21.8 Å². The molecule has 0 saturated heterocycles. The van der Waals surface area contributed by atoms with Gasteiger partial charge in [0, 0.05) is 11.0 Å². The molecule has 0 bridgehead atoms. The van der Waals surface area contributed by atoms with Gasteiger partial charge in [0.05, 0.1) is 6.07 Å². The molecule has 0 N–H and O–H groups in total. The smallest absolute Gasteiger partial charge is 0.290 e. The lowest BCUT2D eigenvalue weighted by molar-refractivity contribution is 0.0748. The van der Waals surface area contributed by atoms with Gasteiger partial charge in [-0.1, -0.05) is 15.9 Å². The minimum atomic E-state index is -0.293. The Morgan fingerprint density at radius 2 is 2.05 bits per heavy atom. The first-order chi connectivity index (χ1) is 10.6. The van der Waals surface area contributed by atoms with Gasteiger partial charge in [-0.25, -0.2) is 0 Å². The summed E-state index contributed by atoms with van der Waals surface area (Å²) in [6.45, 7) is 2.55. The number of carbonyl (C=O) groups excluding carboxylic acids is 1. The van der Waals surface area contributed by atoms with Crippen LogP contribution in [0.2, 0.25) is 0 Å². The number of rotatable bonds is 6. The zero-order chi connectivity index (χ0) is 15.9. The normalized spacial score (nSPS) is 10.0. The number of hydrogen-bond acceptors (Lipinski definition) is 4. The highest BCUT2D eigenvalue weighted by Gasteiger charge is 2.17. The van der Waals surface area contributed by atoms with E-state index in [1.807, 2.05) is 37.3 Å². The van der Waals surface area contributed by atoms with Crippen LogP contribution in [0, 0.1) is 11.3 Å². The van der Waals surface area contributed by atoms with E-state index >= 15 is 0 Å². The highest BCUT2D eigenvalue weighted by molar-refractivity contribution is 9.10. The highest BCUT2D eigenvalue weighted by Crippen LogP contribution is 2.18. The molecule has 114 valence electrons. The quantitative estimate of drug-likeness (QED) is 0.736. The zero-order valence-electron chi connectivity index (χ0n) is 12.1. The van der Waals surface area contributed by atoms with E-state index in [1.165, 1.54) is 4.90 Å². The zero-order valence-corrected chi connectivity index (χ0v) is 13.7. The van der Waals surface area contributed by atoms with Crippen LogP contribution in [0.3, 0.4) is 0 Å². The van der Waals surface area contributed by atoms with E-state index in [-0.39, 0.29) is 24.8 Å². The average Bonchev–Trinajstić information content (AvgIpc) is 3.00. The van der Waals surface area contributed by atoms with Gasteiger partial charge in [-0.3, -0.25) is 4.79 Å². The third-order valence-corrected chi connectivity index (χ3v) is 3.53. The number of amides is 1. The van der Waals surface area contributed by atoms with Crippen molar-refractivity contribution in [2.24, 2.45) is 0 Å². The van der Waals surface area contributed by atoms with E-state index in [4.69, 9.17) is 14.4 Å². The Morgan fingerprint density at radius 1 is 1.32 bits per heavy atom. The fourth-order valence-corrected chi connectivity index (χ4v) is 2.09. The van der Waals surface area contributed by atoms with Gasteiger partial charge < -0.3 is 14.1 Å². The van der Waals surface area contributed by atoms with Gasteiger partial charge in [0.15, 0.2) is 5.76 Å². The van der Waals surface area contributed by atoms with Gasteiger partial charge in [-0.2, -0.15) is 5.26 Å². The molecular weight excluding hydrogens is 348 g/mol. The molecule has 2 rings (SSSR count). The molecule has 0 atom stereocenters. The van der Waals surface area contributed by atoms with Crippen molar-refractivity contribution < 1.29 is 13.9 Å². The summed E-state index contributed by atoms with van der Waals surface area (Å²) in [5, 5.41) is 8.70. The number of hydrogen-bond donors (Lipinski definition) is 0. The minimum absolute atomic E-state index is 0.0424. The molecule has 2 aromatic rings. The molecule has 1 heterocycles. The van der Waals surface area contributed by atoms with E-state index in [0.717, 1.165) is 4.47 Å². The molecule has 1 amide bonds. The van der Waals surface area contributed by atoms with Crippen molar-refractivity contribution in [1.82, 2.24) is 4.90 Å². The molecular formula is C16H15BrN2O3. The van der Waals surface area contributed by atoms with Crippen molar-refractivity contribution in [1.29, 1.82) is 5.26 Å². The Morgan fingerprint density at radius 3 is 2.68 bits per heavy atom. The Kier molecular flexibility index (Phi) is 5.61. The summed E-state index contributed by atoms with van der Waals surface area (Å²) < 4.78 is 12.0. The van der Waals surface area contributed by atoms with Crippen molar-refractivity contribution in [3.63, 3.8) is 0 Å². The van der Waals surface area contributed by atoms with E-state index in [1.54, 1.807) is 12.1 Å². The fourth-order valence-electron chi connectivity index (χ4n) is 1.82. The number of nitriles is 1. The van der Waals surface area contributed by atoms with Crippen molar-refractivity contribution in [3.05, 3.63) is 52.4 Å². The maximum absolute atomic E-state index is 12.1. The topological polar surface area (TPSA) is 66.5 Å². The van der Waals surface area contributed by atoms with E-state index in [0.29, 0.717) is 18.1 Å². The molecule has 0 fully saturated rings. The Hall–Kier alpha value is -2.26. The SMILES string of the molecule is CCN(CC#N)C(=O)c1ccc(COc2ccc(Br)cc2)o1. The minimum Gasteiger partial charge on any atom is -0.486 e. The number of benzene rings is 1. The summed E-state index contributed by atoms with van der Waals surface area (Å²) in [5.41, 5.74) is 0. The molecule has 22 heavy (non-hydrogen) atoms. The Labute approximate surface area is 137 Å². The van der Waals surface area contributed by atoms with Crippen molar-refractivity contribution in [2.45, 2.75) is 13.5 Å². The second-order valence-electron chi connectivity index (χ2n) is 4.49. The monoisotopic (exact) mass is 362 g/mol. The van der Waals surface area contributed by atoms with Crippen LogP contribution in [-0.4, -0.2) is 23.9 Å². The second-order valence-corrected chi connectivity index (χ2v) is 5.40. The van der Waals surface area contributed by atoms with Gasteiger partial charge in [-0.15, -0.1) is 0 Å². The third kappa shape index (κ3) is 4.12. The number of furan rings is 1. The number of nitrogens with zero attached hydrogens (tertiary/aromatic N) is 2. The molecule has 0 aliphatic heterocycles. The highest BCUT2D eigenvalue weighted by atomic mass is 79.9. The van der Waals surface area contributed by atoms with Crippen LogP contribution in [0.15, 0.2) is 45.3 Å². The van der Waals surface area contributed by atoms with Crippen LogP contribution in [0.25, 0.3) is 0 Å². The van der Waals surface area contributed by atoms with Gasteiger partial charge in [0.25, 0.3) is 5.91 Å². The summed E-state index contributed by atoms with van der Waals surface area (Å²) in [5.74, 6) is 1.19. The summed E-state index contributed by atoms with van der Waals surface area (Å²) in [4.78, 5) is 13.5. The van der Waals surface area contributed by atoms with Crippen LogP contribution in [-0.2, 0) is 6.61 Å². The molecule has 1 aromatic carbocycles. The summed E-state index contributed by atoms with van der Waals surface area (Å²) in [6.07, 6.45) is 0. The lowest BCUT2D eigenvalue weighted by atomic mass is 10.3. The molecule has 0 aliphatic carbocycles. The maximum Gasteiger partial charge on any atom is 0.290 e. The molecule has 0 radical (unpaired) electrons. The molecule has 0 saturated carbocycles. The Balaban J connectivity index is 1.97. The lowest BCUT2D eigenvalue weighted by Gasteiger charge is -2.15. The van der Waals surface area contributed by atoms with Crippen molar-refractivity contribution in [2.75, 3.05) is 13.1 Å². The van der Waals surface area contributed by atoms with Crippen LogP contribution in [0.1, 0.15) is 23.2 Å². The third-order valence-electron chi connectivity index (χ3n) is 3.00. The molecule has 6 heteroatoms. The van der Waals surface area contributed by atoms with Crippen LogP contribution in [0.4, 0.5) is 0 Å². The van der Waals surface area contributed by atoms with Gasteiger partial charge in [0.1, 0.15) is 24.7 Å². The summed E-state index contributed by atoms with van der Waals surface area (Å²) >= 11 is 3.35. The largest absolute Gasteiger partial charge is 0.486 e. The molecule has 0 spiro atoms. The van der Waals surface area contributed by atoms with Crippen LogP contribution < -0.4 is 4.74 Å². The van der Waals surface area contributed by atoms with Gasteiger partial charge >= 0.3 is 0 Å². The maximum atomic E-state index is 12.1. The summed E-state index contributed by atoms with van der Waals surface area (Å²) in [6, 6.07) is 12.7. The first kappa shape index (κ1) is 16.1. The van der Waals surface area contributed by atoms with E-state index in [2.05, 4.69) is 15.9 Å². The molecule has 1 aromatic heterocycles. The van der Waals surface area contributed by atoms with Gasteiger partial charge in [-0.05, 0) is 43.3 Å². The van der Waals surface area contributed by atoms with Crippen LogP contribution in [0.5, 0.6) is 5.75 Å². The molecule has 0 aliphatic rings. The lowest BCUT2D eigenvalue weighted by Crippen LogP contribution is -2.30. The van der Waals surface area contributed by atoms with E-state index < -0.39 is 0 Å². The fraction of sp³-hybridized carbons (Fsp3) is 0.250. The molecule has 0 unspecified atom stereocenters. The van der Waals surface area contributed by atoms with Crippen LogP contribution >= 0.6 is 15.9 Å². The standard InChI is InChI=1S/C16H15BrN2O3/c1-2-19(10-9-18)16(20)15-8-7-14(22-15)11-21-13-5-3-12(17)4-6-13/h3-8H,2,10-11H2,1H3. The summed E-state index contributed by atoms with van der Waals surface area (Å²) in [7, 11) is 0. The number of halogens is 1. The first-order valence-electron chi connectivity index (χ1n) is 6.77.